The lowest BCUT2D eigenvalue weighted by Crippen LogP contribution is -2.32. The first-order valence-corrected chi connectivity index (χ1v) is 8.11. The van der Waals surface area contributed by atoms with Crippen LogP contribution in [-0.2, 0) is 22.4 Å². The molecular formula is C14H15BrClFN2O2. The van der Waals surface area contributed by atoms with Gasteiger partial charge in [0.2, 0.25) is 0 Å². The number of benzene rings is 1. The van der Waals surface area contributed by atoms with Gasteiger partial charge in [0.25, 0.3) is 0 Å². The largest absolute Gasteiger partial charge is 0.376 e. The molecule has 2 heterocycles. The number of hydrogen-bond donors (Lipinski definition) is 0. The molecule has 1 unspecified atom stereocenters. The Morgan fingerprint density at radius 3 is 3.00 bits per heavy atom. The Hall–Kier alpha value is -0.690. The maximum absolute atomic E-state index is 13.7. The molecule has 1 aliphatic heterocycles. The van der Waals surface area contributed by atoms with Crippen molar-refractivity contribution in [3.8, 4) is 0 Å². The number of aromatic nitrogens is 2. The van der Waals surface area contributed by atoms with Gasteiger partial charge in [-0.15, -0.1) is 11.6 Å². The summed E-state index contributed by atoms with van der Waals surface area (Å²) in [7, 11) is 0. The highest BCUT2D eigenvalue weighted by Crippen LogP contribution is 2.25. The molecule has 1 fully saturated rings. The second kappa shape index (κ2) is 6.60. The lowest BCUT2D eigenvalue weighted by atomic mass is 10.3. The summed E-state index contributed by atoms with van der Waals surface area (Å²) in [5.41, 5.74) is 1.50. The summed E-state index contributed by atoms with van der Waals surface area (Å²) >= 11 is 9.07. The molecule has 7 heteroatoms. The van der Waals surface area contributed by atoms with Crippen LogP contribution in [-0.4, -0.2) is 41.4 Å². The fourth-order valence-corrected chi connectivity index (χ4v) is 3.00. The van der Waals surface area contributed by atoms with E-state index in [2.05, 4.69) is 20.9 Å². The molecule has 0 N–H and O–H groups in total. The predicted molar refractivity (Wildman–Crippen MR) is 82.4 cm³/mol. The van der Waals surface area contributed by atoms with E-state index in [1.165, 1.54) is 6.07 Å². The summed E-state index contributed by atoms with van der Waals surface area (Å²) in [5.74, 6) is 0.989. The van der Waals surface area contributed by atoms with Gasteiger partial charge in [0.1, 0.15) is 11.6 Å². The minimum absolute atomic E-state index is 0.0194. The van der Waals surface area contributed by atoms with Crippen LogP contribution in [0.3, 0.4) is 0 Å². The number of fused-ring (bicyclic) bond motifs is 1. The quantitative estimate of drug-likeness (QED) is 0.768. The first-order chi connectivity index (χ1) is 10.2. The molecule has 1 saturated heterocycles. The van der Waals surface area contributed by atoms with Crippen LogP contribution < -0.4 is 0 Å². The van der Waals surface area contributed by atoms with Gasteiger partial charge >= 0.3 is 0 Å². The Kier molecular flexibility index (Phi) is 4.78. The topological polar surface area (TPSA) is 36.3 Å². The molecule has 1 aromatic carbocycles. The summed E-state index contributed by atoms with van der Waals surface area (Å²) in [5, 5.41) is 0. The van der Waals surface area contributed by atoms with Crippen molar-refractivity contribution >= 4 is 38.6 Å². The van der Waals surface area contributed by atoms with Crippen molar-refractivity contribution in [1.82, 2.24) is 9.55 Å². The first-order valence-electron chi connectivity index (χ1n) is 6.78. The first kappa shape index (κ1) is 15.2. The molecule has 0 bridgehead atoms. The number of aryl methyl sites for hydroxylation is 1. The van der Waals surface area contributed by atoms with Gasteiger partial charge in [-0.3, -0.25) is 0 Å². The van der Waals surface area contributed by atoms with Crippen LogP contribution in [0.25, 0.3) is 11.0 Å². The van der Waals surface area contributed by atoms with E-state index in [-0.39, 0.29) is 11.9 Å². The Balaban J connectivity index is 2.00. The molecule has 21 heavy (non-hydrogen) atoms. The van der Waals surface area contributed by atoms with Crippen molar-refractivity contribution in [3.05, 3.63) is 28.2 Å². The summed E-state index contributed by atoms with van der Waals surface area (Å²) < 4.78 is 27.3. The van der Waals surface area contributed by atoms with Crippen molar-refractivity contribution in [1.29, 1.82) is 0 Å². The fraction of sp³-hybridized carbons (Fsp3) is 0.500. The van der Waals surface area contributed by atoms with E-state index in [0.29, 0.717) is 48.7 Å². The molecule has 0 amide bonds. The third kappa shape index (κ3) is 3.23. The molecule has 0 saturated carbocycles. The maximum Gasteiger partial charge on any atom is 0.139 e. The zero-order valence-electron chi connectivity index (χ0n) is 11.3. The van der Waals surface area contributed by atoms with E-state index in [0.717, 1.165) is 11.3 Å². The normalized spacial score (nSPS) is 19.3. The highest BCUT2D eigenvalue weighted by atomic mass is 79.9. The number of alkyl halides is 1. The molecule has 4 nitrogen and oxygen atoms in total. The SMILES string of the molecule is Fc1cc2nc(CCCl)n(CC3COCCO3)c2cc1Br. The van der Waals surface area contributed by atoms with E-state index >= 15 is 0 Å². The lowest BCUT2D eigenvalue weighted by Gasteiger charge is -2.24. The highest BCUT2D eigenvalue weighted by molar-refractivity contribution is 9.10. The van der Waals surface area contributed by atoms with Gasteiger partial charge in [-0.05, 0) is 22.0 Å². The van der Waals surface area contributed by atoms with E-state index in [4.69, 9.17) is 21.1 Å². The lowest BCUT2D eigenvalue weighted by molar-refractivity contribution is -0.0934. The van der Waals surface area contributed by atoms with Crippen LogP contribution in [0.4, 0.5) is 4.39 Å². The number of ether oxygens (including phenoxy) is 2. The molecule has 2 aromatic rings. The molecule has 3 rings (SSSR count). The van der Waals surface area contributed by atoms with Crippen molar-refractivity contribution in [2.75, 3.05) is 25.7 Å². The summed E-state index contributed by atoms with van der Waals surface area (Å²) in [4.78, 5) is 4.49. The standard InChI is InChI=1S/C14H15BrClFN2O2/c15-10-5-13-12(6-11(10)17)18-14(1-2-16)19(13)7-9-8-20-3-4-21-9/h5-6,9H,1-4,7-8H2. The van der Waals surface area contributed by atoms with Gasteiger partial charge in [-0.25, -0.2) is 9.37 Å². The van der Waals surface area contributed by atoms with Crippen LogP contribution in [0, 0.1) is 5.82 Å². The van der Waals surface area contributed by atoms with Crippen LogP contribution >= 0.6 is 27.5 Å². The third-order valence-electron chi connectivity index (χ3n) is 3.46. The number of imidazole rings is 1. The number of halogens is 3. The zero-order valence-corrected chi connectivity index (χ0v) is 13.7. The van der Waals surface area contributed by atoms with Crippen molar-refractivity contribution < 1.29 is 13.9 Å². The highest BCUT2D eigenvalue weighted by Gasteiger charge is 2.19. The van der Waals surface area contributed by atoms with Crippen molar-refractivity contribution in [2.24, 2.45) is 0 Å². The number of hydrogen-bond acceptors (Lipinski definition) is 3. The molecule has 1 aliphatic rings. The Morgan fingerprint density at radius 1 is 1.43 bits per heavy atom. The van der Waals surface area contributed by atoms with Gasteiger partial charge in [-0.1, -0.05) is 0 Å². The monoisotopic (exact) mass is 376 g/mol. The number of rotatable bonds is 4. The minimum Gasteiger partial charge on any atom is -0.376 e. The van der Waals surface area contributed by atoms with Crippen LogP contribution in [0.1, 0.15) is 5.82 Å². The van der Waals surface area contributed by atoms with Gasteiger partial charge in [0, 0.05) is 18.4 Å². The van der Waals surface area contributed by atoms with Crippen LogP contribution in [0.15, 0.2) is 16.6 Å². The Labute approximate surface area is 135 Å². The number of nitrogens with zero attached hydrogens (tertiary/aromatic N) is 2. The summed E-state index contributed by atoms with van der Waals surface area (Å²) in [6.45, 7) is 2.41. The molecular weight excluding hydrogens is 363 g/mol. The predicted octanol–water partition coefficient (Wildman–Crippen LogP) is 3.13. The van der Waals surface area contributed by atoms with Gasteiger partial charge in [0.05, 0.1) is 48.0 Å². The smallest absolute Gasteiger partial charge is 0.139 e. The van der Waals surface area contributed by atoms with Crippen molar-refractivity contribution in [3.63, 3.8) is 0 Å². The second-order valence-corrected chi connectivity index (χ2v) is 6.13. The van der Waals surface area contributed by atoms with Crippen LogP contribution in [0.5, 0.6) is 0 Å². The fourth-order valence-electron chi connectivity index (χ4n) is 2.49. The van der Waals surface area contributed by atoms with Gasteiger partial charge < -0.3 is 14.0 Å². The molecule has 0 radical (unpaired) electrons. The van der Waals surface area contributed by atoms with Gasteiger partial charge in [-0.2, -0.15) is 0 Å². The molecule has 0 spiro atoms. The van der Waals surface area contributed by atoms with Crippen LogP contribution in [0.2, 0.25) is 0 Å². The van der Waals surface area contributed by atoms with Crippen molar-refractivity contribution in [2.45, 2.75) is 19.1 Å². The van der Waals surface area contributed by atoms with E-state index in [1.807, 2.05) is 4.57 Å². The van der Waals surface area contributed by atoms with E-state index < -0.39 is 0 Å². The Morgan fingerprint density at radius 2 is 2.29 bits per heavy atom. The molecule has 1 aromatic heterocycles. The molecule has 0 aliphatic carbocycles. The average molecular weight is 378 g/mol. The summed E-state index contributed by atoms with van der Waals surface area (Å²) in [6, 6.07) is 3.19. The zero-order chi connectivity index (χ0) is 14.8. The Bertz CT molecular complexity index is 643. The minimum atomic E-state index is -0.318. The van der Waals surface area contributed by atoms with E-state index in [1.54, 1.807) is 6.07 Å². The average Bonchev–Trinajstić information content (AvgIpc) is 2.79. The third-order valence-corrected chi connectivity index (χ3v) is 4.26. The maximum atomic E-state index is 13.7. The molecule has 1 atom stereocenters. The summed E-state index contributed by atoms with van der Waals surface area (Å²) in [6.07, 6.45) is 0.609. The van der Waals surface area contributed by atoms with E-state index in [9.17, 15) is 4.39 Å². The molecule has 114 valence electrons. The van der Waals surface area contributed by atoms with Gasteiger partial charge in [0.15, 0.2) is 0 Å². The second-order valence-electron chi connectivity index (χ2n) is 4.90.